The normalized spacial score (nSPS) is 14.4. The SMILES string of the molecule is O=c1cc(N2CCOCC2)nc2c(-c3ccc([N+](=O)[O-])c4c3oc3ccccc34)cccn12. The number of hydrogen-bond donors (Lipinski definition) is 0. The van der Waals surface area contributed by atoms with Gasteiger partial charge in [0.2, 0.25) is 0 Å². The summed E-state index contributed by atoms with van der Waals surface area (Å²) in [6.07, 6.45) is 1.67. The van der Waals surface area contributed by atoms with Gasteiger partial charge in [-0.05, 0) is 24.3 Å². The Morgan fingerprint density at radius 1 is 1.00 bits per heavy atom. The van der Waals surface area contributed by atoms with Crippen LogP contribution in [-0.4, -0.2) is 40.6 Å². The fourth-order valence-electron chi connectivity index (χ4n) is 4.45. The van der Waals surface area contributed by atoms with Crippen LogP contribution in [0.4, 0.5) is 11.5 Å². The molecule has 33 heavy (non-hydrogen) atoms. The van der Waals surface area contributed by atoms with Crippen LogP contribution in [0.5, 0.6) is 0 Å². The number of benzene rings is 2. The van der Waals surface area contributed by atoms with Crippen molar-refractivity contribution in [2.75, 3.05) is 31.2 Å². The fourth-order valence-corrected chi connectivity index (χ4v) is 4.45. The molecule has 0 spiro atoms. The van der Waals surface area contributed by atoms with Gasteiger partial charge < -0.3 is 14.1 Å². The molecular formula is C24H18N4O5. The first-order chi connectivity index (χ1) is 16.1. The van der Waals surface area contributed by atoms with Crippen molar-refractivity contribution in [3.05, 3.63) is 81.3 Å². The Kier molecular flexibility index (Phi) is 4.37. The van der Waals surface area contributed by atoms with Gasteiger partial charge in [0.1, 0.15) is 28.0 Å². The summed E-state index contributed by atoms with van der Waals surface area (Å²) in [4.78, 5) is 31.1. The molecule has 0 amide bonds. The van der Waals surface area contributed by atoms with E-state index in [0.717, 1.165) is 0 Å². The van der Waals surface area contributed by atoms with Gasteiger partial charge in [0.05, 0.1) is 18.1 Å². The highest BCUT2D eigenvalue weighted by molar-refractivity contribution is 6.14. The maximum absolute atomic E-state index is 12.9. The zero-order chi connectivity index (χ0) is 22.5. The lowest BCUT2D eigenvalue weighted by atomic mass is 10.0. The molecule has 0 radical (unpaired) electrons. The van der Waals surface area contributed by atoms with E-state index in [9.17, 15) is 14.9 Å². The molecule has 1 saturated heterocycles. The Bertz CT molecular complexity index is 1610. The van der Waals surface area contributed by atoms with Crippen molar-refractivity contribution in [1.82, 2.24) is 9.38 Å². The highest BCUT2D eigenvalue weighted by atomic mass is 16.6. The number of anilines is 1. The summed E-state index contributed by atoms with van der Waals surface area (Å²) in [5.41, 5.74) is 2.47. The number of nitro groups is 1. The molecule has 5 aromatic rings. The highest BCUT2D eigenvalue weighted by Crippen LogP contribution is 2.41. The molecule has 9 heteroatoms. The molecule has 1 aliphatic rings. The van der Waals surface area contributed by atoms with Crippen LogP contribution in [0.1, 0.15) is 0 Å². The Hall–Kier alpha value is -4.24. The molecule has 1 fully saturated rings. The van der Waals surface area contributed by atoms with E-state index in [1.807, 2.05) is 23.1 Å². The number of morpholine rings is 1. The van der Waals surface area contributed by atoms with E-state index in [2.05, 4.69) is 0 Å². The van der Waals surface area contributed by atoms with Crippen LogP contribution in [0, 0.1) is 10.1 Å². The monoisotopic (exact) mass is 442 g/mol. The van der Waals surface area contributed by atoms with Crippen molar-refractivity contribution < 1.29 is 14.1 Å². The predicted octanol–water partition coefficient (Wildman–Crippen LogP) is 4.01. The molecule has 3 aromatic heterocycles. The summed E-state index contributed by atoms with van der Waals surface area (Å²) in [6, 6.07) is 15.5. The Morgan fingerprint density at radius 3 is 2.64 bits per heavy atom. The van der Waals surface area contributed by atoms with Crippen molar-refractivity contribution in [3.8, 4) is 11.1 Å². The van der Waals surface area contributed by atoms with Gasteiger partial charge in [-0.3, -0.25) is 19.3 Å². The number of para-hydroxylation sites is 1. The third kappa shape index (κ3) is 3.05. The lowest BCUT2D eigenvalue weighted by Gasteiger charge is -2.27. The van der Waals surface area contributed by atoms with Crippen molar-refractivity contribution in [1.29, 1.82) is 0 Å². The number of aromatic nitrogens is 2. The topological polar surface area (TPSA) is 103 Å². The van der Waals surface area contributed by atoms with Crippen molar-refractivity contribution >= 4 is 39.1 Å². The maximum Gasteiger partial charge on any atom is 0.281 e. The van der Waals surface area contributed by atoms with Crippen molar-refractivity contribution in [2.45, 2.75) is 0 Å². The minimum atomic E-state index is -0.406. The summed E-state index contributed by atoms with van der Waals surface area (Å²) in [7, 11) is 0. The largest absolute Gasteiger partial charge is 0.455 e. The van der Waals surface area contributed by atoms with Gasteiger partial charge in [0.25, 0.3) is 11.2 Å². The standard InChI is InChI=1S/C24H18N4O5/c29-21-14-20(26-10-12-32-13-11-26)25-24-16(5-3-9-27(21)24)15-7-8-18(28(30)31)22-17-4-1-2-6-19(17)33-23(15)22/h1-9,14H,10-13H2. The molecule has 0 unspecified atom stereocenters. The summed E-state index contributed by atoms with van der Waals surface area (Å²) in [5, 5.41) is 12.9. The molecule has 0 atom stereocenters. The van der Waals surface area contributed by atoms with Crippen LogP contribution in [0.25, 0.3) is 38.7 Å². The molecule has 0 aliphatic carbocycles. The third-order valence-corrected chi connectivity index (χ3v) is 6.00. The van der Waals surface area contributed by atoms with E-state index < -0.39 is 4.92 Å². The molecular weight excluding hydrogens is 424 g/mol. The van der Waals surface area contributed by atoms with Crippen LogP contribution < -0.4 is 10.5 Å². The highest BCUT2D eigenvalue weighted by Gasteiger charge is 2.24. The smallest absolute Gasteiger partial charge is 0.281 e. The van der Waals surface area contributed by atoms with E-state index in [1.165, 1.54) is 16.5 Å². The van der Waals surface area contributed by atoms with Gasteiger partial charge in [-0.1, -0.05) is 18.2 Å². The maximum atomic E-state index is 12.9. The van der Waals surface area contributed by atoms with Crippen LogP contribution in [0.3, 0.4) is 0 Å². The number of non-ortho nitro benzene ring substituents is 1. The van der Waals surface area contributed by atoms with Crippen LogP contribution in [0.2, 0.25) is 0 Å². The number of nitro benzene ring substituents is 1. The average Bonchev–Trinajstić information content (AvgIpc) is 3.23. The van der Waals surface area contributed by atoms with Crippen molar-refractivity contribution in [3.63, 3.8) is 0 Å². The molecule has 2 aromatic carbocycles. The molecule has 0 N–H and O–H groups in total. The van der Waals surface area contributed by atoms with E-state index in [1.54, 1.807) is 30.5 Å². The average molecular weight is 442 g/mol. The fraction of sp³-hybridized carbons (Fsp3) is 0.167. The van der Waals surface area contributed by atoms with Crippen LogP contribution in [-0.2, 0) is 4.74 Å². The molecule has 0 saturated carbocycles. The number of furan rings is 1. The van der Waals surface area contributed by atoms with Crippen LogP contribution >= 0.6 is 0 Å². The minimum absolute atomic E-state index is 0.0296. The van der Waals surface area contributed by atoms with Crippen LogP contribution in [0.15, 0.2) is 70.0 Å². The first-order valence-electron chi connectivity index (χ1n) is 10.6. The molecule has 4 heterocycles. The summed E-state index contributed by atoms with van der Waals surface area (Å²) in [5.74, 6) is 0.582. The zero-order valence-electron chi connectivity index (χ0n) is 17.4. The first-order valence-corrected chi connectivity index (χ1v) is 10.6. The van der Waals surface area contributed by atoms with E-state index in [0.29, 0.717) is 70.8 Å². The predicted molar refractivity (Wildman–Crippen MR) is 124 cm³/mol. The number of rotatable bonds is 3. The second-order valence-electron chi connectivity index (χ2n) is 7.86. The van der Waals surface area contributed by atoms with Crippen molar-refractivity contribution in [2.24, 2.45) is 0 Å². The quantitative estimate of drug-likeness (QED) is 0.307. The number of pyridine rings is 1. The van der Waals surface area contributed by atoms with E-state index in [-0.39, 0.29) is 11.2 Å². The lowest BCUT2D eigenvalue weighted by Crippen LogP contribution is -2.37. The molecule has 164 valence electrons. The molecule has 1 aliphatic heterocycles. The van der Waals surface area contributed by atoms with Gasteiger partial charge >= 0.3 is 0 Å². The first kappa shape index (κ1) is 19.4. The minimum Gasteiger partial charge on any atom is -0.455 e. The molecule has 6 rings (SSSR count). The van der Waals surface area contributed by atoms with Gasteiger partial charge in [-0.15, -0.1) is 0 Å². The van der Waals surface area contributed by atoms with Gasteiger partial charge in [0, 0.05) is 47.9 Å². The summed E-state index contributed by atoms with van der Waals surface area (Å²) >= 11 is 0. The van der Waals surface area contributed by atoms with Gasteiger partial charge in [0.15, 0.2) is 0 Å². The van der Waals surface area contributed by atoms with E-state index >= 15 is 0 Å². The second kappa shape index (κ2) is 7.42. The summed E-state index contributed by atoms with van der Waals surface area (Å²) in [6.45, 7) is 2.45. The Morgan fingerprint density at radius 2 is 1.82 bits per heavy atom. The Labute approximate surface area is 186 Å². The lowest BCUT2D eigenvalue weighted by molar-refractivity contribution is -0.383. The second-order valence-corrected chi connectivity index (χ2v) is 7.86. The number of nitrogens with zero attached hydrogens (tertiary/aromatic N) is 4. The summed E-state index contributed by atoms with van der Waals surface area (Å²) < 4.78 is 13.0. The molecule has 0 bridgehead atoms. The van der Waals surface area contributed by atoms with Gasteiger partial charge in [-0.2, -0.15) is 0 Å². The third-order valence-electron chi connectivity index (χ3n) is 6.00. The van der Waals surface area contributed by atoms with E-state index in [4.69, 9.17) is 14.1 Å². The number of ether oxygens (including phenoxy) is 1. The number of fused-ring (bicyclic) bond motifs is 4. The Balaban J connectivity index is 1.66. The number of hydrogen-bond acceptors (Lipinski definition) is 7. The molecule has 9 nitrogen and oxygen atoms in total. The van der Waals surface area contributed by atoms with Gasteiger partial charge in [-0.25, -0.2) is 4.98 Å². The zero-order valence-corrected chi connectivity index (χ0v) is 17.4.